The standard InChI is InChI=1S/C20H29N3O3S/c24-17(18-6-4-16-27-18)5-3-7-19(25)22-12-14-23(15-13-22)20(26)8-11-21-9-1-2-10-21/h4,6,16H,1-3,5,7-15H2. The quantitative estimate of drug-likeness (QED) is 0.638. The van der Waals surface area contributed by atoms with Gasteiger partial charge in [-0.05, 0) is 43.8 Å². The molecule has 7 heteroatoms. The molecule has 6 nitrogen and oxygen atoms in total. The van der Waals surface area contributed by atoms with E-state index in [9.17, 15) is 14.4 Å². The zero-order valence-electron chi connectivity index (χ0n) is 15.9. The number of hydrogen-bond donors (Lipinski definition) is 0. The van der Waals surface area contributed by atoms with Crippen LogP contribution >= 0.6 is 11.3 Å². The van der Waals surface area contributed by atoms with Crippen LogP contribution in [0.25, 0.3) is 0 Å². The van der Waals surface area contributed by atoms with E-state index < -0.39 is 0 Å². The van der Waals surface area contributed by atoms with E-state index in [0.29, 0.717) is 51.9 Å². The lowest BCUT2D eigenvalue weighted by Crippen LogP contribution is -2.51. The summed E-state index contributed by atoms with van der Waals surface area (Å²) in [4.78, 5) is 43.5. The van der Waals surface area contributed by atoms with Gasteiger partial charge in [0.05, 0.1) is 4.88 Å². The number of nitrogens with zero attached hydrogens (tertiary/aromatic N) is 3. The second-order valence-corrected chi connectivity index (χ2v) is 8.26. The summed E-state index contributed by atoms with van der Waals surface area (Å²) in [7, 11) is 0. The number of carbonyl (C=O) groups is 3. The maximum Gasteiger partial charge on any atom is 0.223 e. The Bertz CT molecular complexity index is 633. The Labute approximate surface area is 165 Å². The molecule has 2 aliphatic heterocycles. The molecule has 0 aliphatic carbocycles. The van der Waals surface area contributed by atoms with Crippen molar-refractivity contribution in [1.29, 1.82) is 0 Å². The molecule has 2 amide bonds. The number of rotatable bonds is 8. The molecule has 0 N–H and O–H groups in total. The van der Waals surface area contributed by atoms with Crippen LogP contribution in [0.2, 0.25) is 0 Å². The van der Waals surface area contributed by atoms with E-state index in [2.05, 4.69) is 4.90 Å². The minimum atomic E-state index is 0.0955. The van der Waals surface area contributed by atoms with Crippen molar-refractivity contribution < 1.29 is 14.4 Å². The molecule has 0 radical (unpaired) electrons. The van der Waals surface area contributed by atoms with Gasteiger partial charge < -0.3 is 14.7 Å². The molecule has 1 aromatic rings. The predicted molar refractivity (Wildman–Crippen MR) is 106 cm³/mol. The summed E-state index contributed by atoms with van der Waals surface area (Å²) in [5.41, 5.74) is 0. The predicted octanol–water partition coefficient (Wildman–Crippen LogP) is 2.26. The molecule has 3 heterocycles. The van der Waals surface area contributed by atoms with Crippen LogP contribution < -0.4 is 0 Å². The maximum absolute atomic E-state index is 12.4. The number of piperazine rings is 1. The summed E-state index contributed by atoms with van der Waals surface area (Å²) in [5, 5.41) is 1.89. The number of hydrogen-bond acceptors (Lipinski definition) is 5. The number of amides is 2. The van der Waals surface area contributed by atoms with Gasteiger partial charge in [-0.3, -0.25) is 14.4 Å². The smallest absolute Gasteiger partial charge is 0.223 e. The highest BCUT2D eigenvalue weighted by Crippen LogP contribution is 2.14. The zero-order chi connectivity index (χ0) is 19.1. The van der Waals surface area contributed by atoms with Crippen LogP contribution in [0.1, 0.15) is 48.2 Å². The molecule has 0 unspecified atom stereocenters. The van der Waals surface area contributed by atoms with Crippen molar-refractivity contribution in [3.8, 4) is 0 Å². The van der Waals surface area contributed by atoms with Crippen LogP contribution in [0.5, 0.6) is 0 Å². The lowest BCUT2D eigenvalue weighted by Gasteiger charge is -2.35. The molecule has 0 bridgehead atoms. The first kappa shape index (κ1) is 20.0. The zero-order valence-corrected chi connectivity index (χ0v) is 16.7. The average Bonchev–Trinajstić information content (AvgIpc) is 3.40. The number of carbonyl (C=O) groups excluding carboxylic acids is 3. The molecule has 0 atom stereocenters. The average molecular weight is 392 g/mol. The van der Waals surface area contributed by atoms with Gasteiger partial charge in [0.1, 0.15) is 0 Å². The molecule has 148 valence electrons. The summed E-state index contributed by atoms with van der Waals surface area (Å²) in [5.74, 6) is 0.417. The Morgan fingerprint density at radius 2 is 1.48 bits per heavy atom. The Morgan fingerprint density at radius 1 is 0.852 bits per heavy atom. The third-order valence-electron chi connectivity index (χ3n) is 5.42. The molecular weight excluding hydrogens is 362 g/mol. The van der Waals surface area contributed by atoms with Crippen molar-refractivity contribution >= 4 is 28.9 Å². The van der Waals surface area contributed by atoms with Crippen LogP contribution in [0.3, 0.4) is 0 Å². The van der Waals surface area contributed by atoms with Gasteiger partial charge in [-0.1, -0.05) is 6.07 Å². The summed E-state index contributed by atoms with van der Waals surface area (Å²) in [6.45, 7) is 5.54. The topological polar surface area (TPSA) is 60.9 Å². The second kappa shape index (κ2) is 9.99. The van der Waals surface area contributed by atoms with Crippen molar-refractivity contribution in [2.75, 3.05) is 45.8 Å². The van der Waals surface area contributed by atoms with Gasteiger partial charge in [0.2, 0.25) is 11.8 Å². The lowest BCUT2D eigenvalue weighted by molar-refractivity contribution is -0.139. The largest absolute Gasteiger partial charge is 0.339 e. The first-order valence-electron chi connectivity index (χ1n) is 9.98. The summed E-state index contributed by atoms with van der Waals surface area (Å²) >= 11 is 1.45. The van der Waals surface area contributed by atoms with Gasteiger partial charge in [0.25, 0.3) is 0 Å². The van der Waals surface area contributed by atoms with Gasteiger partial charge in [0, 0.05) is 52.0 Å². The molecular formula is C20H29N3O3S. The Kier molecular flexibility index (Phi) is 7.41. The van der Waals surface area contributed by atoms with Crippen LogP contribution in [-0.4, -0.2) is 78.1 Å². The van der Waals surface area contributed by atoms with E-state index >= 15 is 0 Å². The van der Waals surface area contributed by atoms with Crippen LogP contribution in [0.15, 0.2) is 17.5 Å². The third kappa shape index (κ3) is 5.87. The fraction of sp³-hybridized carbons (Fsp3) is 0.650. The molecule has 27 heavy (non-hydrogen) atoms. The lowest BCUT2D eigenvalue weighted by atomic mass is 10.1. The number of Topliss-reactive ketones (excluding diaryl/α,β-unsaturated/α-hetero) is 1. The second-order valence-electron chi connectivity index (χ2n) is 7.31. The van der Waals surface area contributed by atoms with Gasteiger partial charge in [-0.15, -0.1) is 11.3 Å². The van der Waals surface area contributed by atoms with Gasteiger partial charge >= 0.3 is 0 Å². The Balaban J connectivity index is 1.31. The fourth-order valence-electron chi connectivity index (χ4n) is 3.74. The van der Waals surface area contributed by atoms with E-state index in [-0.39, 0.29) is 17.6 Å². The summed E-state index contributed by atoms with van der Waals surface area (Å²) < 4.78 is 0. The van der Waals surface area contributed by atoms with Gasteiger partial charge in [-0.2, -0.15) is 0 Å². The van der Waals surface area contributed by atoms with Crippen molar-refractivity contribution in [1.82, 2.24) is 14.7 Å². The summed E-state index contributed by atoms with van der Waals surface area (Å²) in [6.07, 6.45) is 4.48. The van der Waals surface area contributed by atoms with E-state index in [1.807, 2.05) is 27.3 Å². The molecule has 2 saturated heterocycles. The molecule has 0 spiro atoms. The van der Waals surface area contributed by atoms with Crippen LogP contribution in [-0.2, 0) is 9.59 Å². The highest BCUT2D eigenvalue weighted by atomic mass is 32.1. The Morgan fingerprint density at radius 3 is 2.07 bits per heavy atom. The molecule has 0 saturated carbocycles. The van der Waals surface area contributed by atoms with Crippen molar-refractivity contribution in [3.63, 3.8) is 0 Å². The van der Waals surface area contributed by atoms with Gasteiger partial charge in [0.15, 0.2) is 5.78 Å². The monoisotopic (exact) mass is 391 g/mol. The molecule has 2 aliphatic rings. The third-order valence-corrected chi connectivity index (χ3v) is 6.33. The highest BCUT2D eigenvalue weighted by molar-refractivity contribution is 7.12. The molecule has 1 aromatic heterocycles. The molecule has 3 rings (SSSR count). The maximum atomic E-state index is 12.4. The molecule has 2 fully saturated rings. The van der Waals surface area contributed by atoms with Gasteiger partial charge in [-0.25, -0.2) is 0 Å². The van der Waals surface area contributed by atoms with Crippen molar-refractivity contribution in [2.45, 2.75) is 38.5 Å². The van der Waals surface area contributed by atoms with Crippen LogP contribution in [0.4, 0.5) is 0 Å². The van der Waals surface area contributed by atoms with E-state index in [1.165, 1.54) is 24.2 Å². The summed E-state index contributed by atoms with van der Waals surface area (Å²) in [6, 6.07) is 3.70. The number of likely N-dealkylation sites (tertiary alicyclic amines) is 1. The number of ketones is 1. The van der Waals surface area contributed by atoms with Crippen molar-refractivity contribution in [2.24, 2.45) is 0 Å². The normalized spacial score (nSPS) is 18.1. The van der Waals surface area contributed by atoms with E-state index in [1.54, 1.807) is 0 Å². The SMILES string of the molecule is O=C(CCCC(=O)N1CCN(C(=O)CCN2CCCC2)CC1)c1cccs1. The van der Waals surface area contributed by atoms with E-state index in [0.717, 1.165) is 24.5 Å². The van der Waals surface area contributed by atoms with E-state index in [4.69, 9.17) is 0 Å². The minimum Gasteiger partial charge on any atom is -0.339 e. The molecule has 0 aromatic carbocycles. The first-order valence-corrected chi connectivity index (χ1v) is 10.9. The fourth-order valence-corrected chi connectivity index (χ4v) is 4.44. The van der Waals surface area contributed by atoms with Crippen LogP contribution in [0, 0.1) is 0 Å². The number of thiophene rings is 1. The first-order chi connectivity index (χ1) is 13.1. The minimum absolute atomic E-state index is 0.0955. The Hall–Kier alpha value is -1.73. The van der Waals surface area contributed by atoms with Crippen molar-refractivity contribution in [3.05, 3.63) is 22.4 Å². The highest BCUT2D eigenvalue weighted by Gasteiger charge is 2.24.